The van der Waals surface area contributed by atoms with Gasteiger partial charge in [-0.05, 0) is 43.4 Å². The van der Waals surface area contributed by atoms with Gasteiger partial charge in [-0.1, -0.05) is 35.0 Å². The molecule has 0 saturated heterocycles. The highest BCUT2D eigenvalue weighted by molar-refractivity contribution is 9.10. The van der Waals surface area contributed by atoms with E-state index in [4.69, 9.17) is 0 Å². The SMILES string of the molecule is CCc1ccc(CCCC(C)=O)cc1Br. The quantitative estimate of drug-likeness (QED) is 0.791. The summed E-state index contributed by atoms with van der Waals surface area (Å²) in [6.45, 7) is 3.80. The Morgan fingerprint density at radius 1 is 1.40 bits per heavy atom. The van der Waals surface area contributed by atoms with E-state index in [1.54, 1.807) is 6.92 Å². The molecule has 2 heteroatoms. The number of hydrogen-bond acceptors (Lipinski definition) is 1. The summed E-state index contributed by atoms with van der Waals surface area (Å²) in [5.74, 6) is 0.277. The standard InChI is InChI=1S/C13H17BrO/c1-3-12-8-7-11(9-13(12)14)6-4-5-10(2)15/h7-9H,3-6H2,1-2H3. The number of rotatable bonds is 5. The molecule has 0 aliphatic rings. The predicted molar refractivity (Wildman–Crippen MR) is 67.1 cm³/mol. The van der Waals surface area contributed by atoms with Crippen molar-refractivity contribution in [2.75, 3.05) is 0 Å². The highest BCUT2D eigenvalue weighted by atomic mass is 79.9. The Balaban J connectivity index is 2.55. The number of Topliss-reactive ketones (excluding diaryl/α,β-unsaturated/α-hetero) is 1. The van der Waals surface area contributed by atoms with E-state index in [0.717, 1.165) is 19.3 Å². The van der Waals surface area contributed by atoms with Crippen LogP contribution in [0.1, 0.15) is 37.8 Å². The van der Waals surface area contributed by atoms with Gasteiger partial charge in [0.05, 0.1) is 0 Å². The number of benzene rings is 1. The molecule has 1 nitrogen and oxygen atoms in total. The summed E-state index contributed by atoms with van der Waals surface area (Å²) in [4.78, 5) is 10.8. The fourth-order valence-electron chi connectivity index (χ4n) is 1.57. The molecule has 0 N–H and O–H groups in total. The van der Waals surface area contributed by atoms with E-state index in [-0.39, 0.29) is 5.78 Å². The molecule has 0 heterocycles. The topological polar surface area (TPSA) is 17.1 Å². The van der Waals surface area contributed by atoms with Crippen molar-refractivity contribution in [2.24, 2.45) is 0 Å². The van der Waals surface area contributed by atoms with Gasteiger partial charge in [0.15, 0.2) is 0 Å². The van der Waals surface area contributed by atoms with Gasteiger partial charge >= 0.3 is 0 Å². The first kappa shape index (κ1) is 12.4. The first-order chi connectivity index (χ1) is 7.13. The van der Waals surface area contributed by atoms with Crippen LogP contribution < -0.4 is 0 Å². The summed E-state index contributed by atoms with van der Waals surface area (Å²) < 4.78 is 1.19. The van der Waals surface area contributed by atoms with Crippen LogP contribution in [0.4, 0.5) is 0 Å². The Hall–Kier alpha value is -0.630. The van der Waals surface area contributed by atoms with Crippen LogP contribution in [0.2, 0.25) is 0 Å². The second-order valence-electron chi connectivity index (χ2n) is 3.83. The van der Waals surface area contributed by atoms with Gasteiger partial charge in [-0.15, -0.1) is 0 Å². The summed E-state index contributed by atoms with van der Waals surface area (Å²) in [7, 11) is 0. The molecule has 15 heavy (non-hydrogen) atoms. The third-order valence-electron chi connectivity index (χ3n) is 2.49. The molecule has 0 unspecified atom stereocenters. The van der Waals surface area contributed by atoms with E-state index >= 15 is 0 Å². The fourth-order valence-corrected chi connectivity index (χ4v) is 2.28. The van der Waals surface area contributed by atoms with Crippen LogP contribution in [0, 0.1) is 0 Å². The Bertz CT molecular complexity index is 344. The zero-order valence-corrected chi connectivity index (χ0v) is 10.9. The largest absolute Gasteiger partial charge is 0.300 e. The van der Waals surface area contributed by atoms with Crippen LogP contribution in [-0.4, -0.2) is 5.78 Å². The average Bonchev–Trinajstić information content (AvgIpc) is 2.17. The number of halogens is 1. The minimum Gasteiger partial charge on any atom is -0.300 e. The van der Waals surface area contributed by atoms with Crippen LogP contribution >= 0.6 is 15.9 Å². The summed E-state index contributed by atoms with van der Waals surface area (Å²) in [6, 6.07) is 6.48. The van der Waals surface area contributed by atoms with E-state index in [0.29, 0.717) is 6.42 Å². The smallest absolute Gasteiger partial charge is 0.129 e. The summed E-state index contributed by atoms with van der Waals surface area (Å²) in [6.07, 6.45) is 3.68. The Kier molecular flexibility index (Phi) is 5.03. The Morgan fingerprint density at radius 3 is 2.67 bits per heavy atom. The molecule has 82 valence electrons. The van der Waals surface area contributed by atoms with Gasteiger partial charge in [0, 0.05) is 10.9 Å². The first-order valence-electron chi connectivity index (χ1n) is 5.40. The molecule has 0 atom stereocenters. The summed E-state index contributed by atoms with van der Waals surface area (Å²) in [5.41, 5.74) is 2.64. The van der Waals surface area contributed by atoms with Crippen LogP contribution in [0.3, 0.4) is 0 Å². The molecule has 0 aliphatic carbocycles. The van der Waals surface area contributed by atoms with Crippen LogP contribution in [0.25, 0.3) is 0 Å². The third-order valence-corrected chi connectivity index (χ3v) is 3.23. The van der Waals surface area contributed by atoms with E-state index < -0.39 is 0 Å². The van der Waals surface area contributed by atoms with Gasteiger partial charge in [-0.3, -0.25) is 0 Å². The van der Waals surface area contributed by atoms with E-state index in [2.05, 4.69) is 41.1 Å². The molecule has 0 radical (unpaired) electrons. The molecule has 1 aromatic carbocycles. The van der Waals surface area contributed by atoms with Crippen molar-refractivity contribution in [2.45, 2.75) is 39.5 Å². The molecule has 0 aliphatic heterocycles. The zero-order chi connectivity index (χ0) is 11.3. The zero-order valence-electron chi connectivity index (χ0n) is 9.35. The van der Waals surface area contributed by atoms with Crippen molar-refractivity contribution < 1.29 is 4.79 Å². The number of hydrogen-bond donors (Lipinski definition) is 0. The lowest BCUT2D eigenvalue weighted by Crippen LogP contribution is -1.93. The highest BCUT2D eigenvalue weighted by Crippen LogP contribution is 2.20. The highest BCUT2D eigenvalue weighted by Gasteiger charge is 2.00. The number of ketones is 1. The van der Waals surface area contributed by atoms with Gasteiger partial charge in [-0.2, -0.15) is 0 Å². The van der Waals surface area contributed by atoms with Crippen LogP contribution in [-0.2, 0) is 17.6 Å². The second-order valence-corrected chi connectivity index (χ2v) is 4.69. The molecule has 0 aromatic heterocycles. The monoisotopic (exact) mass is 268 g/mol. The van der Waals surface area contributed by atoms with Crippen molar-refractivity contribution in [3.8, 4) is 0 Å². The average molecular weight is 269 g/mol. The van der Waals surface area contributed by atoms with Gasteiger partial charge in [0.25, 0.3) is 0 Å². The molecule has 1 aromatic rings. The third kappa shape index (κ3) is 4.17. The minimum atomic E-state index is 0.277. The maximum Gasteiger partial charge on any atom is 0.129 e. The Morgan fingerprint density at radius 2 is 2.13 bits per heavy atom. The normalized spacial score (nSPS) is 10.3. The lowest BCUT2D eigenvalue weighted by atomic mass is 10.0. The molecule has 0 bridgehead atoms. The van der Waals surface area contributed by atoms with Crippen molar-refractivity contribution in [3.63, 3.8) is 0 Å². The van der Waals surface area contributed by atoms with Crippen molar-refractivity contribution in [1.82, 2.24) is 0 Å². The molecule has 0 amide bonds. The van der Waals surface area contributed by atoms with Gasteiger partial charge in [0.1, 0.15) is 5.78 Å². The number of carbonyl (C=O) groups excluding carboxylic acids is 1. The molecular formula is C13H17BrO. The Labute approximate surface area is 100 Å². The molecule has 0 spiro atoms. The van der Waals surface area contributed by atoms with Crippen molar-refractivity contribution in [3.05, 3.63) is 33.8 Å². The summed E-state index contributed by atoms with van der Waals surface area (Å²) in [5, 5.41) is 0. The maximum atomic E-state index is 10.8. The number of aryl methyl sites for hydroxylation is 2. The summed E-state index contributed by atoms with van der Waals surface area (Å²) >= 11 is 3.56. The van der Waals surface area contributed by atoms with E-state index in [1.807, 2.05) is 0 Å². The first-order valence-corrected chi connectivity index (χ1v) is 6.19. The maximum absolute atomic E-state index is 10.8. The van der Waals surface area contributed by atoms with Gasteiger partial charge in [0.2, 0.25) is 0 Å². The predicted octanol–water partition coefficient (Wildman–Crippen LogP) is 3.92. The molecule has 0 saturated carbocycles. The lowest BCUT2D eigenvalue weighted by molar-refractivity contribution is -0.117. The van der Waals surface area contributed by atoms with Gasteiger partial charge in [-0.25, -0.2) is 0 Å². The van der Waals surface area contributed by atoms with Crippen molar-refractivity contribution >= 4 is 21.7 Å². The number of carbonyl (C=O) groups is 1. The van der Waals surface area contributed by atoms with Crippen LogP contribution in [0.15, 0.2) is 22.7 Å². The van der Waals surface area contributed by atoms with Gasteiger partial charge < -0.3 is 4.79 Å². The van der Waals surface area contributed by atoms with Crippen LogP contribution in [0.5, 0.6) is 0 Å². The van der Waals surface area contributed by atoms with E-state index in [1.165, 1.54) is 15.6 Å². The van der Waals surface area contributed by atoms with E-state index in [9.17, 15) is 4.79 Å². The lowest BCUT2D eigenvalue weighted by Gasteiger charge is -2.05. The minimum absolute atomic E-state index is 0.277. The second kappa shape index (κ2) is 6.06. The molecule has 0 fully saturated rings. The molecular weight excluding hydrogens is 252 g/mol. The van der Waals surface area contributed by atoms with Crippen molar-refractivity contribution in [1.29, 1.82) is 0 Å². The molecule has 1 rings (SSSR count). The fraction of sp³-hybridized carbons (Fsp3) is 0.462.